The number of hydrogen-bond donors (Lipinski definition) is 4. The molecule has 10 heteroatoms. The quantitative estimate of drug-likeness (QED) is 0.190. The molecule has 4 N–H and O–H groups in total. The summed E-state index contributed by atoms with van der Waals surface area (Å²) in [6.07, 6.45) is 8.38. The second-order valence-corrected chi connectivity index (χ2v) is 9.45. The summed E-state index contributed by atoms with van der Waals surface area (Å²) in [7, 11) is 1.66. The molecule has 1 aliphatic rings. The molecule has 4 aromatic rings. The molecule has 2 aromatic carbocycles. The van der Waals surface area contributed by atoms with E-state index in [9.17, 15) is 5.11 Å². The Balaban J connectivity index is 1.39. The number of halogens is 1. The number of aromatic nitrogens is 4. The maximum atomic E-state index is 9.73. The summed E-state index contributed by atoms with van der Waals surface area (Å²) in [5, 5.41) is 24.3. The minimum atomic E-state index is -0.519. The first kappa shape index (κ1) is 25.0. The number of methoxy groups -OCH3 is 1. The van der Waals surface area contributed by atoms with E-state index in [-0.39, 0.29) is 6.04 Å². The van der Waals surface area contributed by atoms with Crippen LogP contribution in [0.3, 0.4) is 0 Å². The molecule has 2 heterocycles. The van der Waals surface area contributed by atoms with Crippen LogP contribution < -0.4 is 20.7 Å². The van der Waals surface area contributed by atoms with Crippen LogP contribution in [0, 0.1) is 0 Å². The lowest BCUT2D eigenvalue weighted by atomic mass is 10.0. The number of nitrogens with one attached hydrogen (secondary N) is 3. The zero-order valence-electron chi connectivity index (χ0n) is 20.8. The predicted molar refractivity (Wildman–Crippen MR) is 145 cm³/mol. The summed E-state index contributed by atoms with van der Waals surface area (Å²) < 4.78 is 7.47. The molecular formula is C27H30ClN7O2. The van der Waals surface area contributed by atoms with E-state index < -0.39 is 6.23 Å². The summed E-state index contributed by atoms with van der Waals surface area (Å²) in [6.45, 7) is 1.76. The van der Waals surface area contributed by atoms with Crippen molar-refractivity contribution >= 4 is 34.7 Å². The van der Waals surface area contributed by atoms with Gasteiger partial charge in [-0.3, -0.25) is 5.32 Å². The number of rotatable bonds is 8. The van der Waals surface area contributed by atoms with Crippen LogP contribution in [0.25, 0.3) is 5.69 Å². The number of para-hydroxylation sites is 2. The van der Waals surface area contributed by atoms with Crippen molar-refractivity contribution in [3.63, 3.8) is 0 Å². The Morgan fingerprint density at radius 3 is 2.59 bits per heavy atom. The third kappa shape index (κ3) is 5.85. The third-order valence-corrected chi connectivity index (χ3v) is 6.70. The average Bonchev–Trinajstić information content (AvgIpc) is 3.36. The zero-order chi connectivity index (χ0) is 25.8. The fraction of sp³-hybridized carbons (Fsp3) is 0.296. The van der Waals surface area contributed by atoms with Crippen molar-refractivity contribution < 1.29 is 9.84 Å². The monoisotopic (exact) mass is 519 g/mol. The molecule has 0 fully saturated rings. The van der Waals surface area contributed by atoms with E-state index in [2.05, 4.69) is 43.1 Å². The Labute approximate surface area is 220 Å². The molecule has 0 bridgehead atoms. The average molecular weight is 520 g/mol. The van der Waals surface area contributed by atoms with Gasteiger partial charge in [0.05, 0.1) is 30.4 Å². The molecule has 2 unspecified atom stereocenters. The number of nitrogens with zero attached hydrogens (tertiary/aromatic N) is 4. The van der Waals surface area contributed by atoms with Crippen molar-refractivity contribution in [2.24, 2.45) is 0 Å². The Morgan fingerprint density at radius 2 is 1.86 bits per heavy atom. The van der Waals surface area contributed by atoms with E-state index in [1.807, 2.05) is 36.5 Å². The number of hydrogen-bond acceptors (Lipinski definition) is 8. The van der Waals surface area contributed by atoms with Gasteiger partial charge in [-0.1, -0.05) is 23.7 Å². The Bertz CT molecular complexity index is 1360. The molecule has 0 radical (unpaired) electrons. The number of benzene rings is 2. The summed E-state index contributed by atoms with van der Waals surface area (Å²) in [6, 6.07) is 14.1. The largest absolute Gasteiger partial charge is 0.495 e. The van der Waals surface area contributed by atoms with Gasteiger partial charge in [-0.2, -0.15) is 10.1 Å². The summed E-state index contributed by atoms with van der Waals surface area (Å²) >= 11 is 6.46. The summed E-state index contributed by atoms with van der Waals surface area (Å²) in [5.74, 6) is 1.58. The molecule has 192 valence electrons. The molecule has 2 atom stereocenters. The van der Waals surface area contributed by atoms with Crippen LogP contribution in [-0.2, 0) is 12.8 Å². The van der Waals surface area contributed by atoms with Gasteiger partial charge < -0.3 is 20.5 Å². The molecule has 0 saturated heterocycles. The van der Waals surface area contributed by atoms with Gasteiger partial charge in [0.25, 0.3) is 0 Å². The first-order chi connectivity index (χ1) is 18.0. The Morgan fingerprint density at radius 1 is 1.08 bits per heavy atom. The molecular weight excluding hydrogens is 490 g/mol. The third-order valence-electron chi connectivity index (χ3n) is 6.42. The molecule has 0 spiro atoms. The lowest BCUT2D eigenvalue weighted by molar-refractivity contribution is 0.136. The first-order valence-corrected chi connectivity index (χ1v) is 12.7. The maximum absolute atomic E-state index is 9.73. The molecule has 1 aliphatic carbocycles. The highest BCUT2D eigenvalue weighted by atomic mass is 35.5. The number of aryl methyl sites for hydroxylation is 2. The van der Waals surface area contributed by atoms with Gasteiger partial charge in [0.2, 0.25) is 5.95 Å². The van der Waals surface area contributed by atoms with Crippen molar-refractivity contribution in [1.82, 2.24) is 25.1 Å². The molecule has 0 aliphatic heterocycles. The molecule has 0 saturated carbocycles. The number of aliphatic hydroxyl groups excluding tert-OH is 1. The van der Waals surface area contributed by atoms with Gasteiger partial charge in [0.15, 0.2) is 5.82 Å². The standard InChI is InChI=1S/C27H30ClN7O2/c1-17(36)31-20-10-8-18-14-23(25(37-2)15-19(18)9-11-20)33-27-29-16-21(28)26(34-27)32-22-6-3-4-7-24(22)35-13-5-12-30-35/h3-7,12-17,20,31,36H,8-11H2,1-2H3,(H2,29,32,33,34). The van der Waals surface area contributed by atoms with Crippen LogP contribution in [-0.4, -0.2) is 44.2 Å². The van der Waals surface area contributed by atoms with Gasteiger partial charge in [-0.05, 0) is 74.1 Å². The fourth-order valence-electron chi connectivity index (χ4n) is 4.66. The predicted octanol–water partition coefficient (Wildman–Crippen LogP) is 4.99. The normalized spacial score (nSPS) is 15.9. The van der Waals surface area contributed by atoms with E-state index in [4.69, 9.17) is 16.3 Å². The van der Waals surface area contributed by atoms with Gasteiger partial charge in [-0.15, -0.1) is 0 Å². The van der Waals surface area contributed by atoms with Crippen LogP contribution in [0.2, 0.25) is 5.02 Å². The first-order valence-electron chi connectivity index (χ1n) is 12.3. The van der Waals surface area contributed by atoms with Gasteiger partial charge in [0, 0.05) is 18.4 Å². The van der Waals surface area contributed by atoms with Crippen molar-refractivity contribution in [2.45, 2.75) is 44.9 Å². The SMILES string of the molecule is COc1cc2c(cc1Nc1ncc(Cl)c(Nc3ccccc3-n3cccn3)n1)CCC(NC(C)O)CC2. The van der Waals surface area contributed by atoms with Gasteiger partial charge in [0.1, 0.15) is 17.0 Å². The summed E-state index contributed by atoms with van der Waals surface area (Å²) in [5.41, 5.74) is 4.96. The topological polar surface area (TPSA) is 109 Å². The number of fused-ring (bicyclic) bond motifs is 1. The van der Waals surface area contributed by atoms with E-state index in [0.717, 1.165) is 48.5 Å². The van der Waals surface area contributed by atoms with Crippen molar-refractivity contribution in [3.05, 3.63) is 77.2 Å². The van der Waals surface area contributed by atoms with E-state index in [0.29, 0.717) is 16.8 Å². The molecule has 2 aromatic heterocycles. The minimum absolute atomic E-state index is 0.271. The highest BCUT2D eigenvalue weighted by Gasteiger charge is 2.20. The van der Waals surface area contributed by atoms with E-state index in [1.54, 1.807) is 31.1 Å². The Kier molecular flexibility index (Phi) is 7.55. The van der Waals surface area contributed by atoms with Crippen LogP contribution >= 0.6 is 11.6 Å². The number of anilines is 4. The van der Waals surface area contributed by atoms with E-state index in [1.165, 1.54) is 11.1 Å². The molecule has 37 heavy (non-hydrogen) atoms. The highest BCUT2D eigenvalue weighted by Crippen LogP contribution is 2.34. The molecule has 9 nitrogen and oxygen atoms in total. The zero-order valence-corrected chi connectivity index (χ0v) is 21.5. The second-order valence-electron chi connectivity index (χ2n) is 9.05. The maximum Gasteiger partial charge on any atom is 0.229 e. The second kappa shape index (κ2) is 11.2. The lowest BCUT2D eigenvalue weighted by Gasteiger charge is -2.18. The highest BCUT2D eigenvalue weighted by molar-refractivity contribution is 6.33. The van der Waals surface area contributed by atoms with Crippen LogP contribution in [0.1, 0.15) is 30.9 Å². The van der Waals surface area contributed by atoms with Gasteiger partial charge in [-0.25, -0.2) is 9.67 Å². The van der Waals surface area contributed by atoms with Crippen LogP contribution in [0.4, 0.5) is 23.1 Å². The van der Waals surface area contributed by atoms with Crippen molar-refractivity contribution in [3.8, 4) is 11.4 Å². The van der Waals surface area contributed by atoms with Gasteiger partial charge >= 0.3 is 0 Å². The van der Waals surface area contributed by atoms with Crippen LogP contribution in [0.5, 0.6) is 5.75 Å². The minimum Gasteiger partial charge on any atom is -0.495 e. The number of aliphatic hydroxyl groups is 1. The summed E-state index contributed by atoms with van der Waals surface area (Å²) in [4.78, 5) is 9.04. The molecule has 0 amide bonds. The molecule has 5 rings (SSSR count). The fourth-order valence-corrected chi connectivity index (χ4v) is 4.80. The smallest absolute Gasteiger partial charge is 0.229 e. The number of ether oxygens (including phenoxy) is 1. The van der Waals surface area contributed by atoms with Crippen LogP contribution in [0.15, 0.2) is 61.1 Å². The lowest BCUT2D eigenvalue weighted by Crippen LogP contribution is -2.36. The van der Waals surface area contributed by atoms with E-state index >= 15 is 0 Å². The Hall–Kier alpha value is -3.66. The van der Waals surface area contributed by atoms with Crippen molar-refractivity contribution in [1.29, 1.82) is 0 Å². The van der Waals surface area contributed by atoms with Crippen molar-refractivity contribution in [2.75, 3.05) is 17.7 Å².